The molecule has 0 spiro atoms. The summed E-state index contributed by atoms with van der Waals surface area (Å²) in [6.07, 6.45) is 0.824. The molecular formula is C15H15FN2O. The van der Waals surface area contributed by atoms with Gasteiger partial charge >= 0.3 is 0 Å². The maximum Gasteiger partial charge on any atom is 0.254 e. The molecule has 0 bridgehead atoms. The Morgan fingerprint density at radius 1 is 1.21 bits per heavy atom. The van der Waals surface area contributed by atoms with Crippen molar-refractivity contribution < 1.29 is 9.18 Å². The van der Waals surface area contributed by atoms with Gasteiger partial charge in [-0.05, 0) is 23.9 Å². The molecule has 1 saturated heterocycles. The number of hydrogen-bond donors (Lipinski definition) is 1. The largest absolute Gasteiger partial charge is 0.337 e. The molecule has 98 valence electrons. The quantitative estimate of drug-likeness (QED) is 0.852. The number of carbonyl (C=O) groups is 1. The summed E-state index contributed by atoms with van der Waals surface area (Å²) in [5.74, 6) is -0.366. The van der Waals surface area contributed by atoms with Crippen molar-refractivity contribution in [3.63, 3.8) is 0 Å². The van der Waals surface area contributed by atoms with Crippen LogP contribution in [-0.4, -0.2) is 29.9 Å². The van der Waals surface area contributed by atoms with Crippen molar-refractivity contribution in [2.45, 2.75) is 12.5 Å². The Morgan fingerprint density at radius 3 is 2.63 bits per heavy atom. The average Bonchev–Trinajstić information content (AvgIpc) is 2.86. The summed E-state index contributed by atoms with van der Waals surface area (Å²) in [6.45, 7) is 1.25. The van der Waals surface area contributed by atoms with Crippen molar-refractivity contribution in [3.05, 3.63) is 47.8 Å². The first-order chi connectivity index (χ1) is 9.16. The lowest BCUT2D eigenvalue weighted by atomic mass is 10.0. The molecule has 0 saturated carbocycles. The Balaban J connectivity index is 2.06. The molecule has 1 aliphatic rings. The van der Waals surface area contributed by atoms with Gasteiger partial charge in [-0.25, -0.2) is 4.39 Å². The Morgan fingerprint density at radius 2 is 1.95 bits per heavy atom. The van der Waals surface area contributed by atoms with Crippen LogP contribution < -0.4 is 5.73 Å². The summed E-state index contributed by atoms with van der Waals surface area (Å²) in [6, 6.07) is 10.0. The van der Waals surface area contributed by atoms with Crippen molar-refractivity contribution in [3.8, 4) is 0 Å². The van der Waals surface area contributed by atoms with Crippen LogP contribution in [0.4, 0.5) is 4.39 Å². The lowest BCUT2D eigenvalue weighted by Gasteiger charge is -2.17. The lowest BCUT2D eigenvalue weighted by molar-refractivity contribution is 0.0793. The van der Waals surface area contributed by atoms with Gasteiger partial charge in [0, 0.05) is 30.1 Å². The van der Waals surface area contributed by atoms with Crippen LogP contribution >= 0.6 is 0 Å². The van der Waals surface area contributed by atoms with Gasteiger partial charge in [0.15, 0.2) is 0 Å². The lowest BCUT2D eigenvalue weighted by Crippen LogP contribution is -2.32. The van der Waals surface area contributed by atoms with E-state index in [1.165, 1.54) is 6.07 Å². The van der Waals surface area contributed by atoms with Crippen LogP contribution in [0.15, 0.2) is 36.4 Å². The minimum atomic E-state index is -0.301. The fourth-order valence-corrected chi connectivity index (χ4v) is 2.59. The first-order valence-corrected chi connectivity index (χ1v) is 6.39. The molecule has 1 atom stereocenters. The number of nitrogens with zero attached hydrogens (tertiary/aromatic N) is 1. The number of halogens is 1. The molecule has 0 aromatic heterocycles. The van der Waals surface area contributed by atoms with Gasteiger partial charge in [0.2, 0.25) is 0 Å². The molecule has 0 unspecified atom stereocenters. The maximum atomic E-state index is 13.7. The molecule has 3 nitrogen and oxygen atoms in total. The van der Waals surface area contributed by atoms with Crippen LogP contribution in [-0.2, 0) is 0 Å². The highest BCUT2D eigenvalue weighted by Gasteiger charge is 2.25. The number of fused-ring (bicyclic) bond motifs is 1. The maximum absolute atomic E-state index is 13.7. The van der Waals surface area contributed by atoms with E-state index in [1.54, 1.807) is 29.2 Å². The van der Waals surface area contributed by atoms with Crippen LogP contribution in [0.5, 0.6) is 0 Å². The van der Waals surface area contributed by atoms with Gasteiger partial charge in [0.1, 0.15) is 5.82 Å². The smallest absolute Gasteiger partial charge is 0.254 e. The SMILES string of the molecule is N[C@H]1CCN(C(=O)c2ccc(F)c3ccccc23)C1. The fraction of sp³-hybridized carbons (Fsp3) is 0.267. The van der Waals surface area contributed by atoms with Crippen molar-refractivity contribution in [2.75, 3.05) is 13.1 Å². The van der Waals surface area contributed by atoms with E-state index in [4.69, 9.17) is 5.73 Å². The van der Waals surface area contributed by atoms with Crippen LogP contribution in [0.25, 0.3) is 10.8 Å². The summed E-state index contributed by atoms with van der Waals surface area (Å²) in [5.41, 5.74) is 6.37. The van der Waals surface area contributed by atoms with Crippen molar-refractivity contribution in [2.24, 2.45) is 5.73 Å². The Bertz CT molecular complexity index is 641. The topological polar surface area (TPSA) is 46.3 Å². The van der Waals surface area contributed by atoms with E-state index in [9.17, 15) is 9.18 Å². The Kier molecular flexibility index (Phi) is 2.95. The van der Waals surface area contributed by atoms with Gasteiger partial charge in [-0.1, -0.05) is 24.3 Å². The van der Waals surface area contributed by atoms with Gasteiger partial charge in [0.05, 0.1) is 0 Å². The number of likely N-dealkylation sites (tertiary alicyclic amines) is 1. The molecule has 2 N–H and O–H groups in total. The summed E-state index contributed by atoms with van der Waals surface area (Å²) >= 11 is 0. The molecule has 19 heavy (non-hydrogen) atoms. The summed E-state index contributed by atoms with van der Waals surface area (Å²) in [7, 11) is 0. The van der Waals surface area contributed by atoms with Crippen LogP contribution in [0, 0.1) is 5.82 Å². The first kappa shape index (κ1) is 12.1. The third-order valence-corrected chi connectivity index (χ3v) is 3.61. The number of nitrogens with two attached hydrogens (primary N) is 1. The minimum Gasteiger partial charge on any atom is -0.337 e. The molecule has 1 amide bonds. The van der Waals surface area contributed by atoms with Gasteiger partial charge in [-0.15, -0.1) is 0 Å². The van der Waals surface area contributed by atoms with Gasteiger partial charge in [-0.3, -0.25) is 4.79 Å². The molecule has 2 aromatic rings. The molecule has 0 radical (unpaired) electrons. The van der Waals surface area contributed by atoms with Crippen LogP contribution in [0.3, 0.4) is 0 Å². The zero-order chi connectivity index (χ0) is 13.4. The van der Waals surface area contributed by atoms with E-state index in [0.29, 0.717) is 29.4 Å². The summed E-state index contributed by atoms with van der Waals surface area (Å²) in [5, 5.41) is 1.14. The van der Waals surface area contributed by atoms with Crippen molar-refractivity contribution in [1.82, 2.24) is 4.90 Å². The van der Waals surface area contributed by atoms with E-state index in [0.717, 1.165) is 6.42 Å². The second-order valence-electron chi connectivity index (χ2n) is 4.94. The Labute approximate surface area is 110 Å². The molecule has 1 aliphatic heterocycles. The monoisotopic (exact) mass is 258 g/mol. The highest BCUT2D eigenvalue weighted by atomic mass is 19.1. The fourth-order valence-electron chi connectivity index (χ4n) is 2.59. The number of rotatable bonds is 1. The van der Waals surface area contributed by atoms with E-state index in [1.807, 2.05) is 6.07 Å². The third-order valence-electron chi connectivity index (χ3n) is 3.61. The predicted molar refractivity (Wildman–Crippen MR) is 72.4 cm³/mol. The second kappa shape index (κ2) is 4.63. The number of amides is 1. The van der Waals surface area contributed by atoms with E-state index in [-0.39, 0.29) is 17.8 Å². The number of carbonyl (C=O) groups excluding carboxylic acids is 1. The highest BCUT2D eigenvalue weighted by Crippen LogP contribution is 2.24. The van der Waals surface area contributed by atoms with Crippen LogP contribution in [0.1, 0.15) is 16.8 Å². The average molecular weight is 258 g/mol. The molecule has 1 fully saturated rings. The number of benzene rings is 2. The minimum absolute atomic E-state index is 0.0515. The van der Waals surface area contributed by atoms with Gasteiger partial charge < -0.3 is 10.6 Å². The van der Waals surface area contributed by atoms with Crippen molar-refractivity contribution >= 4 is 16.7 Å². The molecule has 0 aliphatic carbocycles. The van der Waals surface area contributed by atoms with E-state index in [2.05, 4.69) is 0 Å². The standard InChI is InChI=1S/C15H15FN2O/c16-14-6-5-13(11-3-1-2-4-12(11)14)15(19)18-8-7-10(17)9-18/h1-6,10H,7-9,17H2/t10-/m0/s1. The highest BCUT2D eigenvalue weighted by molar-refractivity contribution is 6.07. The summed E-state index contributed by atoms with van der Waals surface area (Å²) < 4.78 is 13.7. The first-order valence-electron chi connectivity index (χ1n) is 6.39. The summed E-state index contributed by atoms with van der Waals surface area (Å²) in [4.78, 5) is 14.2. The van der Waals surface area contributed by atoms with Crippen LogP contribution in [0.2, 0.25) is 0 Å². The normalized spacial score (nSPS) is 19.1. The molecule has 1 heterocycles. The zero-order valence-electron chi connectivity index (χ0n) is 10.5. The second-order valence-corrected chi connectivity index (χ2v) is 4.94. The molecule has 2 aromatic carbocycles. The number of hydrogen-bond acceptors (Lipinski definition) is 2. The Hall–Kier alpha value is -1.94. The van der Waals surface area contributed by atoms with Gasteiger partial charge in [0.25, 0.3) is 5.91 Å². The third kappa shape index (κ3) is 2.08. The predicted octanol–water partition coefficient (Wildman–Crippen LogP) is 2.15. The molecule has 3 rings (SSSR count). The van der Waals surface area contributed by atoms with Gasteiger partial charge in [-0.2, -0.15) is 0 Å². The van der Waals surface area contributed by atoms with E-state index >= 15 is 0 Å². The van der Waals surface area contributed by atoms with Crippen molar-refractivity contribution in [1.29, 1.82) is 0 Å². The van der Waals surface area contributed by atoms with E-state index < -0.39 is 0 Å². The molecule has 4 heteroatoms. The molecular weight excluding hydrogens is 243 g/mol. The zero-order valence-corrected chi connectivity index (χ0v) is 10.5.